The van der Waals surface area contributed by atoms with Gasteiger partial charge >= 0.3 is 0 Å². The van der Waals surface area contributed by atoms with Gasteiger partial charge in [-0.05, 0) is 49.6 Å². The smallest absolute Gasteiger partial charge is 0.240 e. The first-order valence-electron chi connectivity index (χ1n) is 8.65. The number of nitrogens with zero attached hydrogens (tertiary/aromatic N) is 1. The molecule has 2 aromatic carbocycles. The lowest BCUT2D eigenvalue weighted by molar-refractivity contribution is -0.119. The van der Waals surface area contributed by atoms with E-state index in [2.05, 4.69) is 5.32 Å². The minimum Gasteiger partial charge on any atom is -0.497 e. The summed E-state index contributed by atoms with van der Waals surface area (Å²) in [6, 6.07) is 13.1. The van der Waals surface area contributed by atoms with E-state index in [0.717, 1.165) is 33.0 Å². The Morgan fingerprint density at radius 1 is 1.15 bits per heavy atom. The topological polar surface area (TPSA) is 75.7 Å². The van der Waals surface area contributed by atoms with E-state index in [-0.39, 0.29) is 12.5 Å². The van der Waals surface area contributed by atoms with Gasteiger partial charge in [0.05, 0.1) is 19.1 Å². The minimum atomic E-state index is -3.58. The van der Waals surface area contributed by atoms with Crippen LogP contribution < -0.4 is 14.4 Å². The lowest BCUT2D eigenvalue weighted by Crippen LogP contribution is -2.41. The van der Waals surface area contributed by atoms with Crippen molar-refractivity contribution in [3.8, 4) is 5.75 Å². The molecule has 7 heteroatoms. The Morgan fingerprint density at radius 3 is 2.52 bits per heavy atom. The van der Waals surface area contributed by atoms with Crippen molar-refractivity contribution >= 4 is 21.6 Å². The Labute approximate surface area is 161 Å². The molecule has 0 spiro atoms. The number of methoxy groups -OCH3 is 1. The van der Waals surface area contributed by atoms with Crippen LogP contribution in [-0.4, -0.2) is 40.8 Å². The van der Waals surface area contributed by atoms with Gasteiger partial charge in [0.1, 0.15) is 12.3 Å². The molecule has 0 aliphatic heterocycles. The van der Waals surface area contributed by atoms with Crippen molar-refractivity contribution in [2.45, 2.75) is 20.3 Å². The molecule has 1 N–H and O–H groups in total. The highest BCUT2D eigenvalue weighted by atomic mass is 32.2. The van der Waals surface area contributed by atoms with E-state index in [4.69, 9.17) is 4.74 Å². The average molecular weight is 391 g/mol. The number of hydrogen-bond donors (Lipinski definition) is 1. The van der Waals surface area contributed by atoms with Gasteiger partial charge in [-0.3, -0.25) is 9.10 Å². The summed E-state index contributed by atoms with van der Waals surface area (Å²) in [5, 5.41) is 2.79. The molecule has 6 nitrogen and oxygen atoms in total. The number of carbonyl (C=O) groups excluding carboxylic acids is 1. The fourth-order valence-corrected chi connectivity index (χ4v) is 3.74. The second kappa shape index (κ2) is 8.90. The summed E-state index contributed by atoms with van der Waals surface area (Å²) >= 11 is 0. The Morgan fingerprint density at radius 2 is 1.89 bits per heavy atom. The van der Waals surface area contributed by atoms with Crippen molar-refractivity contribution in [1.29, 1.82) is 0 Å². The maximum Gasteiger partial charge on any atom is 0.240 e. The molecule has 2 rings (SSSR count). The first kappa shape index (κ1) is 20.8. The third-order valence-electron chi connectivity index (χ3n) is 4.18. The maximum atomic E-state index is 12.3. The molecule has 2 aromatic rings. The zero-order valence-corrected chi connectivity index (χ0v) is 17.0. The van der Waals surface area contributed by atoms with E-state index in [0.29, 0.717) is 18.7 Å². The SMILES string of the molecule is COc1cccc(CCNC(=O)CN(c2ccc(C)cc2C)S(C)(=O)=O)c1. The van der Waals surface area contributed by atoms with Gasteiger partial charge in [0.2, 0.25) is 15.9 Å². The number of hydrogen-bond acceptors (Lipinski definition) is 4. The van der Waals surface area contributed by atoms with Crippen LogP contribution in [0.2, 0.25) is 0 Å². The monoisotopic (exact) mass is 390 g/mol. The van der Waals surface area contributed by atoms with Crippen molar-refractivity contribution in [3.05, 3.63) is 59.2 Å². The van der Waals surface area contributed by atoms with Gasteiger partial charge in [0.15, 0.2) is 0 Å². The predicted octanol–water partition coefficient (Wildman–Crippen LogP) is 2.44. The molecule has 1 amide bonds. The molecule has 0 saturated heterocycles. The third kappa shape index (κ3) is 5.99. The number of benzene rings is 2. The first-order chi connectivity index (χ1) is 12.7. The first-order valence-corrected chi connectivity index (χ1v) is 10.5. The van der Waals surface area contributed by atoms with Crippen molar-refractivity contribution < 1.29 is 17.9 Å². The quantitative estimate of drug-likeness (QED) is 0.751. The highest BCUT2D eigenvalue weighted by Crippen LogP contribution is 2.23. The van der Waals surface area contributed by atoms with Crippen molar-refractivity contribution in [3.63, 3.8) is 0 Å². The van der Waals surface area contributed by atoms with Gasteiger partial charge in [0.25, 0.3) is 0 Å². The van der Waals surface area contributed by atoms with Gasteiger partial charge in [-0.2, -0.15) is 0 Å². The number of amides is 1. The molecule has 0 aliphatic rings. The van der Waals surface area contributed by atoms with E-state index < -0.39 is 10.0 Å². The summed E-state index contributed by atoms with van der Waals surface area (Å²) in [4.78, 5) is 12.3. The average Bonchev–Trinajstić information content (AvgIpc) is 2.59. The van der Waals surface area contributed by atoms with Crippen LogP contribution in [-0.2, 0) is 21.2 Å². The molecule has 146 valence electrons. The fraction of sp³-hybridized carbons (Fsp3) is 0.350. The molecule has 0 saturated carbocycles. The Balaban J connectivity index is 2.02. The molecule has 0 aliphatic carbocycles. The molecular weight excluding hydrogens is 364 g/mol. The molecule has 0 fully saturated rings. The third-order valence-corrected chi connectivity index (χ3v) is 5.30. The summed E-state index contributed by atoms with van der Waals surface area (Å²) in [6.45, 7) is 3.94. The Hall–Kier alpha value is -2.54. The fourth-order valence-electron chi connectivity index (χ4n) is 2.83. The van der Waals surface area contributed by atoms with Crippen LogP contribution in [0.3, 0.4) is 0 Å². The number of sulfonamides is 1. The molecule has 0 unspecified atom stereocenters. The number of ether oxygens (including phenoxy) is 1. The van der Waals surface area contributed by atoms with E-state index >= 15 is 0 Å². The van der Waals surface area contributed by atoms with E-state index in [1.165, 1.54) is 0 Å². The van der Waals surface area contributed by atoms with Gasteiger partial charge in [-0.15, -0.1) is 0 Å². The van der Waals surface area contributed by atoms with Crippen LogP contribution in [0.1, 0.15) is 16.7 Å². The zero-order chi connectivity index (χ0) is 20.0. The molecular formula is C20H26N2O4S. The standard InChI is InChI=1S/C20H26N2O4S/c1-15-8-9-19(16(2)12-15)22(27(4,24)25)14-20(23)21-11-10-17-6-5-7-18(13-17)26-3/h5-9,12-13H,10-11,14H2,1-4H3,(H,21,23). The summed E-state index contributed by atoms with van der Waals surface area (Å²) in [7, 11) is -1.97. The molecule has 0 aromatic heterocycles. The van der Waals surface area contributed by atoms with Crippen LogP contribution in [0.4, 0.5) is 5.69 Å². The van der Waals surface area contributed by atoms with E-state index in [1.54, 1.807) is 13.2 Å². The van der Waals surface area contributed by atoms with Crippen LogP contribution in [0.5, 0.6) is 5.75 Å². The normalized spacial score (nSPS) is 11.1. The van der Waals surface area contributed by atoms with Crippen molar-refractivity contribution in [2.24, 2.45) is 0 Å². The summed E-state index contributed by atoms with van der Waals surface area (Å²) in [6.07, 6.45) is 1.74. The van der Waals surface area contributed by atoms with Gasteiger partial charge < -0.3 is 10.1 Å². The summed E-state index contributed by atoms with van der Waals surface area (Å²) < 4.78 is 30.7. The number of nitrogens with one attached hydrogen (secondary N) is 1. The molecule has 0 atom stereocenters. The van der Waals surface area contributed by atoms with E-state index in [9.17, 15) is 13.2 Å². The van der Waals surface area contributed by atoms with Crippen LogP contribution in [0, 0.1) is 13.8 Å². The molecule has 27 heavy (non-hydrogen) atoms. The highest BCUT2D eigenvalue weighted by molar-refractivity contribution is 7.92. The van der Waals surface area contributed by atoms with Crippen LogP contribution >= 0.6 is 0 Å². The van der Waals surface area contributed by atoms with Gasteiger partial charge in [-0.25, -0.2) is 8.42 Å². The lowest BCUT2D eigenvalue weighted by atomic mass is 10.1. The lowest BCUT2D eigenvalue weighted by Gasteiger charge is -2.24. The largest absolute Gasteiger partial charge is 0.497 e. The Kier molecular flexibility index (Phi) is 6.85. The number of rotatable bonds is 8. The maximum absolute atomic E-state index is 12.3. The summed E-state index contributed by atoms with van der Waals surface area (Å²) in [5.41, 5.74) is 3.40. The number of anilines is 1. The van der Waals surface area contributed by atoms with E-state index in [1.807, 2.05) is 50.2 Å². The van der Waals surface area contributed by atoms with Crippen LogP contribution in [0.15, 0.2) is 42.5 Å². The van der Waals surface area contributed by atoms with Crippen molar-refractivity contribution in [2.75, 3.05) is 30.8 Å². The summed E-state index contributed by atoms with van der Waals surface area (Å²) in [5.74, 6) is 0.417. The van der Waals surface area contributed by atoms with Gasteiger partial charge in [0, 0.05) is 6.54 Å². The molecule has 0 heterocycles. The minimum absolute atomic E-state index is 0.249. The second-order valence-electron chi connectivity index (χ2n) is 6.51. The van der Waals surface area contributed by atoms with Crippen LogP contribution in [0.25, 0.3) is 0 Å². The Bertz CT molecular complexity index is 910. The molecule has 0 bridgehead atoms. The predicted molar refractivity (Wildman–Crippen MR) is 108 cm³/mol. The number of aryl methyl sites for hydroxylation is 2. The number of carbonyl (C=O) groups is 1. The highest BCUT2D eigenvalue weighted by Gasteiger charge is 2.22. The van der Waals surface area contributed by atoms with Crippen molar-refractivity contribution in [1.82, 2.24) is 5.32 Å². The van der Waals surface area contributed by atoms with Gasteiger partial charge in [-0.1, -0.05) is 29.8 Å². The second-order valence-corrected chi connectivity index (χ2v) is 8.42. The molecule has 0 radical (unpaired) electrons. The zero-order valence-electron chi connectivity index (χ0n) is 16.2.